The number of aromatic nitrogens is 2. The highest BCUT2D eigenvalue weighted by Gasteiger charge is 2.09. The lowest BCUT2D eigenvalue weighted by Crippen LogP contribution is -2.05. The molecule has 1 N–H and O–H groups in total. The molecular formula is C17H26N2O. The van der Waals surface area contributed by atoms with E-state index in [2.05, 4.69) is 29.7 Å². The maximum absolute atomic E-state index is 9.03. The first-order valence-electron chi connectivity index (χ1n) is 7.91. The van der Waals surface area contributed by atoms with Gasteiger partial charge in [0.1, 0.15) is 5.82 Å². The molecule has 110 valence electrons. The van der Waals surface area contributed by atoms with Crippen LogP contribution in [0.2, 0.25) is 0 Å². The van der Waals surface area contributed by atoms with E-state index in [-0.39, 0.29) is 6.61 Å². The number of benzene rings is 1. The number of aliphatic hydroxyl groups is 1. The second-order valence-corrected chi connectivity index (χ2v) is 5.41. The number of unbranched alkanes of at least 4 members (excludes halogenated alkanes) is 4. The van der Waals surface area contributed by atoms with Crippen LogP contribution in [0.15, 0.2) is 24.3 Å². The van der Waals surface area contributed by atoms with Crippen LogP contribution in [0.1, 0.15) is 51.3 Å². The van der Waals surface area contributed by atoms with Gasteiger partial charge in [0, 0.05) is 19.6 Å². The van der Waals surface area contributed by atoms with Gasteiger partial charge in [0.15, 0.2) is 0 Å². The molecule has 0 atom stereocenters. The lowest BCUT2D eigenvalue weighted by atomic mass is 10.1. The normalized spacial score (nSPS) is 11.3. The Labute approximate surface area is 121 Å². The number of aliphatic hydroxyl groups excluding tert-OH is 1. The molecule has 1 aromatic carbocycles. The zero-order valence-electron chi connectivity index (χ0n) is 12.5. The van der Waals surface area contributed by atoms with Gasteiger partial charge in [-0.15, -0.1) is 0 Å². The molecule has 0 saturated heterocycles. The molecule has 2 aromatic rings. The smallest absolute Gasteiger partial charge is 0.109 e. The average Bonchev–Trinajstić information content (AvgIpc) is 2.83. The number of imidazole rings is 1. The summed E-state index contributed by atoms with van der Waals surface area (Å²) in [6.45, 7) is 3.53. The molecular weight excluding hydrogens is 248 g/mol. The number of fused-ring (bicyclic) bond motifs is 1. The van der Waals surface area contributed by atoms with Crippen LogP contribution in [0.25, 0.3) is 11.0 Å². The van der Waals surface area contributed by atoms with Crippen molar-refractivity contribution < 1.29 is 5.11 Å². The molecule has 1 aromatic heterocycles. The van der Waals surface area contributed by atoms with Crippen molar-refractivity contribution in [2.24, 2.45) is 0 Å². The summed E-state index contributed by atoms with van der Waals surface area (Å²) < 4.78 is 2.34. The first-order chi connectivity index (χ1) is 9.86. The third kappa shape index (κ3) is 3.83. The van der Waals surface area contributed by atoms with E-state index in [0.29, 0.717) is 0 Å². The zero-order chi connectivity index (χ0) is 14.2. The predicted octanol–water partition coefficient (Wildman–Crippen LogP) is 3.93. The lowest BCUT2D eigenvalue weighted by molar-refractivity contribution is 0.287. The van der Waals surface area contributed by atoms with Gasteiger partial charge < -0.3 is 9.67 Å². The molecule has 3 heteroatoms. The second kappa shape index (κ2) is 8.05. The van der Waals surface area contributed by atoms with E-state index in [4.69, 9.17) is 10.1 Å². The van der Waals surface area contributed by atoms with Gasteiger partial charge in [-0.3, -0.25) is 0 Å². The van der Waals surface area contributed by atoms with Crippen LogP contribution in [-0.4, -0.2) is 21.3 Å². The van der Waals surface area contributed by atoms with Crippen LogP contribution in [0, 0.1) is 0 Å². The van der Waals surface area contributed by atoms with Crippen molar-refractivity contribution in [3.8, 4) is 0 Å². The van der Waals surface area contributed by atoms with Gasteiger partial charge in [0.05, 0.1) is 11.0 Å². The number of aryl methyl sites for hydroxylation is 2. The molecule has 3 nitrogen and oxygen atoms in total. The molecule has 1 heterocycles. The number of hydrogen-bond donors (Lipinski definition) is 1. The fourth-order valence-corrected chi connectivity index (χ4v) is 2.68. The predicted molar refractivity (Wildman–Crippen MR) is 83.9 cm³/mol. The lowest BCUT2D eigenvalue weighted by Gasteiger charge is -2.09. The average molecular weight is 274 g/mol. The number of nitrogens with zero attached hydrogens (tertiary/aromatic N) is 2. The topological polar surface area (TPSA) is 38.0 Å². The molecule has 2 rings (SSSR count). The molecule has 0 saturated carbocycles. The molecule has 0 radical (unpaired) electrons. The third-order valence-corrected chi connectivity index (χ3v) is 3.78. The van der Waals surface area contributed by atoms with Crippen LogP contribution >= 0.6 is 0 Å². The van der Waals surface area contributed by atoms with Gasteiger partial charge in [-0.05, 0) is 25.0 Å². The third-order valence-electron chi connectivity index (χ3n) is 3.78. The van der Waals surface area contributed by atoms with Crippen LogP contribution in [0.4, 0.5) is 0 Å². The maximum Gasteiger partial charge on any atom is 0.109 e. The molecule has 0 unspecified atom stereocenters. The van der Waals surface area contributed by atoms with Gasteiger partial charge in [-0.25, -0.2) is 4.98 Å². The van der Waals surface area contributed by atoms with Gasteiger partial charge in [0.25, 0.3) is 0 Å². The molecule has 20 heavy (non-hydrogen) atoms. The Bertz CT molecular complexity index is 519. The van der Waals surface area contributed by atoms with Crippen LogP contribution in [0.3, 0.4) is 0 Å². The Hall–Kier alpha value is -1.35. The van der Waals surface area contributed by atoms with Crippen molar-refractivity contribution >= 4 is 11.0 Å². The molecule has 0 aliphatic heterocycles. The van der Waals surface area contributed by atoms with E-state index in [0.717, 1.165) is 30.7 Å². The van der Waals surface area contributed by atoms with Crippen molar-refractivity contribution in [1.82, 2.24) is 9.55 Å². The second-order valence-electron chi connectivity index (χ2n) is 5.41. The summed E-state index contributed by atoms with van der Waals surface area (Å²) in [6, 6.07) is 8.34. The van der Waals surface area contributed by atoms with Crippen LogP contribution in [-0.2, 0) is 13.0 Å². The molecule has 0 aliphatic rings. The minimum Gasteiger partial charge on any atom is -0.396 e. The summed E-state index contributed by atoms with van der Waals surface area (Å²) in [7, 11) is 0. The minimum absolute atomic E-state index is 0.236. The van der Waals surface area contributed by atoms with Gasteiger partial charge in [-0.1, -0.05) is 44.7 Å². The monoisotopic (exact) mass is 274 g/mol. The van der Waals surface area contributed by atoms with E-state index < -0.39 is 0 Å². The Kier molecular flexibility index (Phi) is 6.06. The van der Waals surface area contributed by atoms with E-state index in [1.807, 2.05) is 6.07 Å². The summed E-state index contributed by atoms with van der Waals surface area (Å²) in [5, 5.41) is 9.03. The largest absolute Gasteiger partial charge is 0.396 e. The Morgan fingerprint density at radius 3 is 2.65 bits per heavy atom. The van der Waals surface area contributed by atoms with Gasteiger partial charge in [-0.2, -0.15) is 0 Å². The molecule has 0 aliphatic carbocycles. The summed E-state index contributed by atoms with van der Waals surface area (Å²) in [5.74, 6) is 1.12. The standard InChI is InChI=1S/C17H26N2O/c1-2-3-4-5-8-13-19-16-11-7-6-10-15(16)18-17(19)12-9-14-20/h6-7,10-11,20H,2-5,8-9,12-14H2,1H3. The highest BCUT2D eigenvalue weighted by atomic mass is 16.2. The Balaban J connectivity index is 2.07. The molecule has 0 amide bonds. The van der Waals surface area contributed by atoms with Crippen molar-refractivity contribution in [2.75, 3.05) is 6.61 Å². The van der Waals surface area contributed by atoms with Crippen molar-refractivity contribution in [1.29, 1.82) is 0 Å². The van der Waals surface area contributed by atoms with Crippen molar-refractivity contribution in [3.05, 3.63) is 30.1 Å². The minimum atomic E-state index is 0.236. The summed E-state index contributed by atoms with van der Waals surface area (Å²) in [5.41, 5.74) is 2.31. The van der Waals surface area contributed by atoms with Crippen LogP contribution < -0.4 is 0 Å². The van der Waals surface area contributed by atoms with E-state index in [1.54, 1.807) is 0 Å². The first-order valence-corrected chi connectivity index (χ1v) is 7.91. The quantitative estimate of drug-likeness (QED) is 0.703. The summed E-state index contributed by atoms with van der Waals surface area (Å²) >= 11 is 0. The number of hydrogen-bond acceptors (Lipinski definition) is 2. The van der Waals surface area contributed by atoms with Crippen molar-refractivity contribution in [2.45, 2.75) is 58.4 Å². The fourth-order valence-electron chi connectivity index (χ4n) is 2.68. The first kappa shape index (κ1) is 15.0. The summed E-state index contributed by atoms with van der Waals surface area (Å²) in [4.78, 5) is 4.72. The van der Waals surface area contributed by atoms with Gasteiger partial charge >= 0.3 is 0 Å². The SMILES string of the molecule is CCCCCCCn1c(CCCO)nc2ccccc21. The van der Waals surface area contributed by atoms with Gasteiger partial charge in [0.2, 0.25) is 0 Å². The van der Waals surface area contributed by atoms with E-state index >= 15 is 0 Å². The fraction of sp³-hybridized carbons (Fsp3) is 0.588. The van der Waals surface area contributed by atoms with E-state index in [1.165, 1.54) is 37.6 Å². The summed E-state index contributed by atoms with van der Waals surface area (Å²) in [6.07, 6.45) is 8.11. The molecule has 0 fully saturated rings. The highest BCUT2D eigenvalue weighted by Crippen LogP contribution is 2.18. The highest BCUT2D eigenvalue weighted by molar-refractivity contribution is 5.75. The number of para-hydroxylation sites is 2. The van der Waals surface area contributed by atoms with E-state index in [9.17, 15) is 0 Å². The molecule has 0 spiro atoms. The Morgan fingerprint density at radius 1 is 1.05 bits per heavy atom. The van der Waals surface area contributed by atoms with Crippen LogP contribution in [0.5, 0.6) is 0 Å². The number of rotatable bonds is 9. The molecule has 0 bridgehead atoms. The Morgan fingerprint density at radius 2 is 1.85 bits per heavy atom. The zero-order valence-corrected chi connectivity index (χ0v) is 12.5. The van der Waals surface area contributed by atoms with Crippen molar-refractivity contribution in [3.63, 3.8) is 0 Å². The maximum atomic E-state index is 9.03.